The summed E-state index contributed by atoms with van der Waals surface area (Å²) in [6, 6.07) is 30.6. The van der Waals surface area contributed by atoms with Gasteiger partial charge in [-0.1, -0.05) is 78.9 Å². The number of hydrogen-bond acceptors (Lipinski definition) is 2. The quantitative estimate of drug-likeness (QED) is 0.317. The molecule has 0 unspecified atom stereocenters. The normalized spacial score (nSPS) is 15.7. The van der Waals surface area contributed by atoms with Gasteiger partial charge in [0.15, 0.2) is 0 Å². The van der Waals surface area contributed by atoms with Crippen molar-refractivity contribution < 1.29 is 4.79 Å². The molecule has 0 spiro atoms. The van der Waals surface area contributed by atoms with Crippen LogP contribution in [0.4, 0.5) is 0 Å². The van der Waals surface area contributed by atoms with Crippen LogP contribution in [0.2, 0.25) is 0 Å². The molecule has 1 aliphatic heterocycles. The molecule has 0 saturated heterocycles. The first kappa shape index (κ1) is 19.5. The smallest absolute Gasteiger partial charge is 0.256 e. The van der Waals surface area contributed by atoms with Gasteiger partial charge in [0, 0.05) is 18.7 Å². The van der Waals surface area contributed by atoms with Gasteiger partial charge in [0.1, 0.15) is 5.82 Å². The van der Waals surface area contributed by atoms with E-state index >= 15 is 0 Å². The molecular formula is C29H23N3O. The van der Waals surface area contributed by atoms with Crippen LogP contribution < -0.4 is 0 Å². The minimum atomic E-state index is -0.0900. The Morgan fingerprint density at radius 3 is 2.52 bits per heavy atom. The van der Waals surface area contributed by atoms with Gasteiger partial charge < -0.3 is 9.47 Å². The molecule has 5 aromatic rings. The first-order chi connectivity index (χ1) is 16.2. The van der Waals surface area contributed by atoms with E-state index in [-0.39, 0.29) is 11.9 Å². The summed E-state index contributed by atoms with van der Waals surface area (Å²) in [5.41, 5.74) is 4.54. The molecule has 1 aromatic heterocycles. The zero-order valence-corrected chi connectivity index (χ0v) is 18.2. The van der Waals surface area contributed by atoms with Crippen molar-refractivity contribution in [2.24, 2.45) is 0 Å². The third kappa shape index (κ3) is 3.23. The van der Waals surface area contributed by atoms with E-state index < -0.39 is 0 Å². The molecule has 1 amide bonds. The van der Waals surface area contributed by atoms with E-state index in [1.807, 2.05) is 59.5 Å². The summed E-state index contributed by atoms with van der Waals surface area (Å²) < 4.78 is 2.20. The van der Waals surface area contributed by atoms with E-state index in [1.54, 1.807) is 0 Å². The maximum atomic E-state index is 13.7. The molecule has 0 radical (unpaired) electrons. The van der Waals surface area contributed by atoms with Crippen LogP contribution in [0.1, 0.15) is 22.0 Å². The predicted molar refractivity (Wildman–Crippen MR) is 133 cm³/mol. The number of amides is 1. The van der Waals surface area contributed by atoms with Crippen molar-refractivity contribution in [3.05, 3.63) is 115 Å². The number of fused-ring (bicyclic) bond motifs is 1. The van der Waals surface area contributed by atoms with Gasteiger partial charge in [-0.05, 0) is 34.5 Å². The van der Waals surface area contributed by atoms with Crippen LogP contribution >= 0.6 is 0 Å². The lowest BCUT2D eigenvalue weighted by molar-refractivity contribution is 0.0738. The maximum Gasteiger partial charge on any atom is 0.256 e. The van der Waals surface area contributed by atoms with Crippen molar-refractivity contribution in [1.82, 2.24) is 14.5 Å². The molecule has 160 valence electrons. The molecule has 0 bridgehead atoms. The largest absolute Gasteiger partial charge is 0.332 e. The Kier molecular flexibility index (Phi) is 4.58. The summed E-state index contributed by atoms with van der Waals surface area (Å²) in [5, 5.41) is 2.36. The van der Waals surface area contributed by atoms with Crippen LogP contribution in [0.15, 0.2) is 104 Å². The number of para-hydroxylation sites is 1. The fourth-order valence-electron chi connectivity index (χ4n) is 4.86. The second kappa shape index (κ2) is 7.75. The Balaban J connectivity index is 1.53. The summed E-state index contributed by atoms with van der Waals surface area (Å²) in [4.78, 5) is 20.6. The van der Waals surface area contributed by atoms with Crippen LogP contribution in [-0.2, 0) is 6.54 Å². The number of rotatable bonds is 4. The molecule has 2 heterocycles. The molecule has 0 fully saturated rings. The van der Waals surface area contributed by atoms with Gasteiger partial charge in [-0.2, -0.15) is 0 Å². The second-order valence-electron chi connectivity index (χ2n) is 8.51. The highest BCUT2D eigenvalue weighted by atomic mass is 16.2. The van der Waals surface area contributed by atoms with Crippen LogP contribution in [0.25, 0.3) is 33.2 Å². The average Bonchev–Trinajstić information content (AvgIpc) is 3.21. The Hall–Kier alpha value is -4.18. The summed E-state index contributed by atoms with van der Waals surface area (Å²) in [5.74, 6) is 0.891. The Labute approximate surface area is 192 Å². The van der Waals surface area contributed by atoms with E-state index in [0.717, 1.165) is 28.0 Å². The second-order valence-corrected chi connectivity index (χ2v) is 8.51. The van der Waals surface area contributed by atoms with Crippen molar-refractivity contribution in [1.29, 1.82) is 0 Å². The highest BCUT2D eigenvalue weighted by molar-refractivity contribution is 6.06. The molecule has 4 nitrogen and oxygen atoms in total. The van der Waals surface area contributed by atoms with E-state index in [2.05, 4.69) is 53.6 Å². The number of nitrogens with zero attached hydrogens (tertiary/aromatic N) is 3. The Bertz CT molecular complexity index is 1520. The number of imidazole rings is 1. The number of carbonyl (C=O) groups excluding carboxylic acids is 1. The summed E-state index contributed by atoms with van der Waals surface area (Å²) >= 11 is 0. The van der Waals surface area contributed by atoms with Gasteiger partial charge in [-0.15, -0.1) is 6.58 Å². The van der Waals surface area contributed by atoms with E-state index in [1.165, 1.54) is 10.8 Å². The summed E-state index contributed by atoms with van der Waals surface area (Å²) in [7, 11) is 0. The number of benzene rings is 4. The van der Waals surface area contributed by atoms with Gasteiger partial charge in [-0.25, -0.2) is 4.98 Å². The van der Waals surface area contributed by atoms with E-state index in [0.29, 0.717) is 18.7 Å². The Morgan fingerprint density at radius 1 is 0.909 bits per heavy atom. The highest BCUT2D eigenvalue weighted by Gasteiger charge is 2.31. The standard InChI is InChI=1S/C29H23N3O/c1-2-24-19-31(18-20-9-4-3-5-10-20)29(33)25-13-8-14-26-27(25)32(24)28(30-26)23-16-15-21-11-6-7-12-22(21)17-23/h2-17,24H,1,18-19H2/t24-/m0/s1. The molecular weight excluding hydrogens is 406 g/mol. The first-order valence-corrected chi connectivity index (χ1v) is 11.2. The predicted octanol–water partition coefficient (Wildman–Crippen LogP) is 6.24. The molecule has 1 atom stereocenters. The SMILES string of the molecule is C=C[C@H]1CN(Cc2ccccc2)C(=O)c2cccc3nc(-c4ccc5ccccc5c4)n1c23. The van der Waals surface area contributed by atoms with Crippen LogP contribution in [-0.4, -0.2) is 26.9 Å². The van der Waals surface area contributed by atoms with Crippen molar-refractivity contribution in [3.63, 3.8) is 0 Å². The summed E-state index contributed by atoms with van der Waals surface area (Å²) in [6.45, 7) is 5.23. The molecule has 4 aromatic carbocycles. The first-order valence-electron chi connectivity index (χ1n) is 11.2. The zero-order chi connectivity index (χ0) is 22.4. The minimum Gasteiger partial charge on any atom is -0.332 e. The van der Waals surface area contributed by atoms with Crippen molar-refractivity contribution in [2.45, 2.75) is 12.6 Å². The number of carbonyl (C=O) groups is 1. The summed E-state index contributed by atoms with van der Waals surface area (Å²) in [6.07, 6.45) is 1.93. The molecule has 1 aliphatic rings. The monoisotopic (exact) mass is 429 g/mol. The topological polar surface area (TPSA) is 38.1 Å². The van der Waals surface area contributed by atoms with Crippen LogP contribution in [0.5, 0.6) is 0 Å². The molecule has 0 N–H and O–H groups in total. The molecule has 4 heteroatoms. The molecule has 0 aliphatic carbocycles. The lowest BCUT2D eigenvalue weighted by Gasteiger charge is -2.25. The molecule has 0 saturated carbocycles. The third-order valence-corrected chi connectivity index (χ3v) is 6.46. The van der Waals surface area contributed by atoms with Crippen molar-refractivity contribution in [2.75, 3.05) is 6.54 Å². The van der Waals surface area contributed by atoms with E-state index in [9.17, 15) is 4.79 Å². The number of hydrogen-bond donors (Lipinski definition) is 0. The van der Waals surface area contributed by atoms with Crippen LogP contribution in [0.3, 0.4) is 0 Å². The van der Waals surface area contributed by atoms with Gasteiger partial charge in [0.2, 0.25) is 0 Å². The average molecular weight is 430 g/mol. The number of aromatic nitrogens is 2. The zero-order valence-electron chi connectivity index (χ0n) is 18.2. The van der Waals surface area contributed by atoms with Crippen molar-refractivity contribution in [3.8, 4) is 11.4 Å². The fraction of sp³-hybridized carbons (Fsp3) is 0.103. The van der Waals surface area contributed by atoms with E-state index in [4.69, 9.17) is 4.98 Å². The molecule has 33 heavy (non-hydrogen) atoms. The lowest BCUT2D eigenvalue weighted by Crippen LogP contribution is -2.33. The molecule has 6 rings (SSSR count). The van der Waals surface area contributed by atoms with Gasteiger partial charge in [-0.3, -0.25) is 4.79 Å². The fourth-order valence-corrected chi connectivity index (χ4v) is 4.86. The minimum absolute atomic E-state index is 0.0278. The lowest BCUT2D eigenvalue weighted by atomic mass is 10.1. The highest BCUT2D eigenvalue weighted by Crippen LogP contribution is 2.35. The van der Waals surface area contributed by atoms with Gasteiger partial charge >= 0.3 is 0 Å². The van der Waals surface area contributed by atoms with Gasteiger partial charge in [0.05, 0.1) is 22.6 Å². The van der Waals surface area contributed by atoms with Gasteiger partial charge in [0.25, 0.3) is 5.91 Å². The Morgan fingerprint density at radius 2 is 1.70 bits per heavy atom. The maximum absolute atomic E-state index is 13.7. The third-order valence-electron chi connectivity index (χ3n) is 6.46. The van der Waals surface area contributed by atoms with Crippen LogP contribution in [0, 0.1) is 0 Å². The van der Waals surface area contributed by atoms with Crippen molar-refractivity contribution >= 4 is 27.7 Å².